The molecular formula is C18H27N5O6S. The SMILES string of the molecule is CNc1ccc(C(=O)N2CCN(S(=O)(=O)N3CC(C)OC(C)C3)CC2)cc1[N+](=O)[O-]. The van der Waals surface area contributed by atoms with Crippen molar-refractivity contribution in [2.75, 3.05) is 51.6 Å². The summed E-state index contributed by atoms with van der Waals surface area (Å²) in [4.78, 5) is 25.0. The lowest BCUT2D eigenvalue weighted by atomic mass is 10.1. The van der Waals surface area contributed by atoms with E-state index in [1.807, 2.05) is 13.8 Å². The summed E-state index contributed by atoms with van der Waals surface area (Å²) in [5.41, 5.74) is 0.342. The highest BCUT2D eigenvalue weighted by atomic mass is 32.2. The Hall–Kier alpha value is -2.28. The van der Waals surface area contributed by atoms with E-state index in [9.17, 15) is 23.3 Å². The third-order valence-electron chi connectivity index (χ3n) is 5.28. The molecule has 2 aliphatic heterocycles. The van der Waals surface area contributed by atoms with Crippen molar-refractivity contribution in [2.45, 2.75) is 26.1 Å². The summed E-state index contributed by atoms with van der Waals surface area (Å²) in [6.45, 7) is 5.06. The Morgan fingerprint density at radius 2 is 1.73 bits per heavy atom. The third kappa shape index (κ3) is 4.56. The third-order valence-corrected chi connectivity index (χ3v) is 7.24. The number of ether oxygens (including phenoxy) is 1. The smallest absolute Gasteiger partial charge is 0.293 e. The van der Waals surface area contributed by atoms with Crippen molar-refractivity contribution >= 4 is 27.5 Å². The second-order valence-corrected chi connectivity index (χ2v) is 9.44. The minimum atomic E-state index is -3.64. The fraction of sp³-hybridized carbons (Fsp3) is 0.611. The normalized spacial score (nSPS) is 23.9. The van der Waals surface area contributed by atoms with Crippen molar-refractivity contribution in [3.05, 3.63) is 33.9 Å². The van der Waals surface area contributed by atoms with Crippen LogP contribution in [0.3, 0.4) is 0 Å². The fourth-order valence-corrected chi connectivity index (χ4v) is 5.56. The molecule has 11 nitrogen and oxygen atoms in total. The first-order chi connectivity index (χ1) is 14.1. The van der Waals surface area contributed by atoms with E-state index in [0.29, 0.717) is 18.8 Å². The van der Waals surface area contributed by atoms with Gasteiger partial charge in [-0.05, 0) is 26.0 Å². The molecule has 0 aromatic heterocycles. The van der Waals surface area contributed by atoms with Gasteiger partial charge in [0.05, 0.1) is 17.1 Å². The van der Waals surface area contributed by atoms with Crippen LogP contribution >= 0.6 is 0 Å². The van der Waals surface area contributed by atoms with Gasteiger partial charge in [0.15, 0.2) is 0 Å². The highest BCUT2D eigenvalue weighted by molar-refractivity contribution is 7.86. The Labute approximate surface area is 175 Å². The van der Waals surface area contributed by atoms with Crippen LogP contribution in [0, 0.1) is 10.1 Å². The van der Waals surface area contributed by atoms with Crippen molar-refractivity contribution in [3.63, 3.8) is 0 Å². The Kier molecular flexibility index (Phi) is 6.60. The van der Waals surface area contributed by atoms with E-state index in [4.69, 9.17) is 4.74 Å². The molecule has 2 atom stereocenters. The highest BCUT2D eigenvalue weighted by Gasteiger charge is 2.37. The number of nitro groups is 1. The predicted octanol–water partition coefficient (Wildman–Crippen LogP) is 0.748. The van der Waals surface area contributed by atoms with Crippen LogP contribution in [0.5, 0.6) is 0 Å². The average molecular weight is 442 g/mol. The summed E-state index contributed by atoms with van der Waals surface area (Å²) in [5, 5.41) is 14.0. The number of amides is 1. The van der Waals surface area contributed by atoms with Gasteiger partial charge >= 0.3 is 0 Å². The molecule has 3 rings (SSSR count). The lowest BCUT2D eigenvalue weighted by Crippen LogP contribution is -2.57. The maximum Gasteiger partial charge on any atom is 0.293 e. The molecule has 0 aliphatic carbocycles. The van der Waals surface area contributed by atoms with Gasteiger partial charge in [0.25, 0.3) is 21.8 Å². The van der Waals surface area contributed by atoms with E-state index in [2.05, 4.69) is 5.32 Å². The molecule has 1 aromatic carbocycles. The lowest BCUT2D eigenvalue weighted by Gasteiger charge is -2.40. The molecule has 1 amide bonds. The zero-order chi connectivity index (χ0) is 22.1. The Bertz CT molecular complexity index is 906. The minimum Gasteiger partial charge on any atom is -0.383 e. The van der Waals surface area contributed by atoms with Crippen LogP contribution in [-0.2, 0) is 14.9 Å². The second kappa shape index (κ2) is 8.84. The molecule has 0 spiro atoms. The van der Waals surface area contributed by atoms with Crippen LogP contribution in [0.2, 0.25) is 0 Å². The van der Waals surface area contributed by atoms with Crippen molar-refractivity contribution in [1.29, 1.82) is 0 Å². The zero-order valence-corrected chi connectivity index (χ0v) is 18.1. The molecule has 0 radical (unpaired) electrons. The molecule has 2 saturated heterocycles. The number of piperazine rings is 1. The number of nitrogens with zero attached hydrogens (tertiary/aromatic N) is 4. The van der Waals surface area contributed by atoms with E-state index in [0.717, 1.165) is 0 Å². The number of hydrogen-bond acceptors (Lipinski definition) is 7. The molecule has 0 saturated carbocycles. The first-order valence-corrected chi connectivity index (χ1v) is 11.2. The first kappa shape index (κ1) is 22.4. The molecule has 2 unspecified atom stereocenters. The van der Waals surface area contributed by atoms with Gasteiger partial charge in [-0.15, -0.1) is 0 Å². The molecule has 12 heteroatoms. The predicted molar refractivity (Wildman–Crippen MR) is 111 cm³/mol. The van der Waals surface area contributed by atoms with E-state index in [1.54, 1.807) is 7.05 Å². The summed E-state index contributed by atoms with van der Waals surface area (Å²) < 4.78 is 34.4. The zero-order valence-electron chi connectivity index (χ0n) is 17.3. The summed E-state index contributed by atoms with van der Waals surface area (Å²) in [6.07, 6.45) is -0.356. The van der Waals surface area contributed by atoms with Crippen LogP contribution < -0.4 is 5.32 Å². The summed E-state index contributed by atoms with van der Waals surface area (Å²) in [6, 6.07) is 4.27. The van der Waals surface area contributed by atoms with Crippen molar-refractivity contribution in [2.24, 2.45) is 0 Å². The molecule has 1 aromatic rings. The van der Waals surface area contributed by atoms with Gasteiger partial charge in [-0.25, -0.2) is 0 Å². The average Bonchev–Trinajstić information content (AvgIpc) is 2.72. The topological polar surface area (TPSA) is 125 Å². The molecule has 2 heterocycles. The number of rotatable bonds is 5. The molecule has 2 aliphatic rings. The first-order valence-electron chi connectivity index (χ1n) is 9.79. The number of hydrogen-bond donors (Lipinski definition) is 1. The summed E-state index contributed by atoms with van der Waals surface area (Å²) in [5.74, 6) is -0.355. The van der Waals surface area contributed by atoms with E-state index in [-0.39, 0.29) is 55.5 Å². The second-order valence-electron chi connectivity index (χ2n) is 7.51. The summed E-state index contributed by atoms with van der Waals surface area (Å²) in [7, 11) is -2.07. The van der Waals surface area contributed by atoms with Crippen LogP contribution in [0.25, 0.3) is 0 Å². The van der Waals surface area contributed by atoms with Crippen molar-refractivity contribution < 1.29 is 22.9 Å². The largest absolute Gasteiger partial charge is 0.383 e. The summed E-state index contributed by atoms with van der Waals surface area (Å²) >= 11 is 0. The number of carbonyl (C=O) groups is 1. The van der Waals surface area contributed by atoms with Crippen LogP contribution in [0.15, 0.2) is 18.2 Å². The van der Waals surface area contributed by atoms with Gasteiger partial charge in [0.1, 0.15) is 5.69 Å². The van der Waals surface area contributed by atoms with Crippen LogP contribution in [-0.4, -0.2) is 91.3 Å². The van der Waals surface area contributed by atoms with Gasteiger partial charge in [0, 0.05) is 57.9 Å². The number of nitro benzene ring substituents is 1. The van der Waals surface area contributed by atoms with Gasteiger partial charge in [-0.1, -0.05) is 0 Å². The van der Waals surface area contributed by atoms with Crippen molar-refractivity contribution in [3.8, 4) is 0 Å². The van der Waals surface area contributed by atoms with Gasteiger partial charge in [0.2, 0.25) is 0 Å². The van der Waals surface area contributed by atoms with E-state index < -0.39 is 15.1 Å². The molecule has 166 valence electrons. The van der Waals surface area contributed by atoms with Gasteiger partial charge in [-0.2, -0.15) is 17.0 Å². The Balaban J connectivity index is 1.67. The monoisotopic (exact) mass is 441 g/mol. The number of benzene rings is 1. The number of nitrogens with one attached hydrogen (secondary N) is 1. The fourth-order valence-electron chi connectivity index (χ4n) is 3.81. The minimum absolute atomic E-state index is 0.172. The maximum atomic E-state index is 13.0. The van der Waals surface area contributed by atoms with Gasteiger partial charge < -0.3 is 15.0 Å². The molecule has 30 heavy (non-hydrogen) atoms. The molecule has 2 fully saturated rings. The molecule has 1 N–H and O–H groups in total. The molecular weight excluding hydrogens is 414 g/mol. The van der Waals surface area contributed by atoms with Crippen molar-refractivity contribution in [1.82, 2.24) is 13.5 Å². The van der Waals surface area contributed by atoms with Crippen LogP contribution in [0.4, 0.5) is 11.4 Å². The number of anilines is 1. The Morgan fingerprint density at radius 1 is 1.13 bits per heavy atom. The lowest BCUT2D eigenvalue weighted by molar-refractivity contribution is -0.384. The van der Waals surface area contributed by atoms with E-state index >= 15 is 0 Å². The Morgan fingerprint density at radius 3 is 2.27 bits per heavy atom. The van der Waals surface area contributed by atoms with Gasteiger partial charge in [-0.3, -0.25) is 14.9 Å². The van der Waals surface area contributed by atoms with Crippen LogP contribution in [0.1, 0.15) is 24.2 Å². The van der Waals surface area contributed by atoms with E-state index in [1.165, 1.54) is 31.7 Å². The maximum absolute atomic E-state index is 13.0. The number of morpholine rings is 1. The standard InChI is InChI=1S/C18H27N5O6S/c1-13-11-22(12-14(2)29-13)30(27,28)21-8-6-20(7-9-21)18(24)15-4-5-16(19-3)17(10-15)23(25)26/h4-5,10,13-14,19H,6-9,11-12H2,1-3H3. The highest BCUT2D eigenvalue weighted by Crippen LogP contribution is 2.26. The number of carbonyl (C=O) groups excluding carboxylic acids is 1. The quantitative estimate of drug-likeness (QED) is 0.528. The molecule has 0 bridgehead atoms.